The maximum absolute atomic E-state index is 11.8. The number of carboxylic acid groups (broad SMARTS) is 1. The van der Waals surface area contributed by atoms with Crippen LogP contribution in [0, 0.1) is 11.8 Å². The van der Waals surface area contributed by atoms with Crippen LogP contribution in [0.2, 0.25) is 0 Å². The van der Waals surface area contributed by atoms with Gasteiger partial charge in [-0.2, -0.15) is 5.21 Å². The van der Waals surface area contributed by atoms with Gasteiger partial charge in [0.1, 0.15) is 0 Å². The first-order valence-corrected chi connectivity index (χ1v) is 7.06. The standard InChI is InChI=1S/C12H20N6O3/c1-7(10-15-17-18-16-10)14-12(21)13-6-8-2-4-9(5-3-8)11(19)20/h7-9H,2-6H2,1H3,(H,19,20)(H2,13,14,21)(H,15,16,17,18). The van der Waals surface area contributed by atoms with Gasteiger partial charge in [-0.25, -0.2) is 4.79 Å². The number of H-pyrrole nitrogens is 1. The van der Waals surface area contributed by atoms with Crippen LogP contribution in [0.1, 0.15) is 44.5 Å². The Kier molecular flexibility index (Phi) is 5.07. The third-order valence-corrected chi connectivity index (χ3v) is 3.84. The number of carbonyl (C=O) groups excluding carboxylic acids is 1. The summed E-state index contributed by atoms with van der Waals surface area (Å²) in [5, 5.41) is 27.8. The van der Waals surface area contributed by atoms with Crippen molar-refractivity contribution in [2.75, 3.05) is 6.54 Å². The number of rotatable bonds is 5. The lowest BCUT2D eigenvalue weighted by atomic mass is 9.82. The molecule has 1 heterocycles. The van der Waals surface area contributed by atoms with E-state index in [1.807, 2.05) is 0 Å². The molecule has 1 aliphatic rings. The molecule has 9 heteroatoms. The highest BCUT2D eigenvalue weighted by Crippen LogP contribution is 2.28. The second-order valence-electron chi connectivity index (χ2n) is 5.40. The lowest BCUT2D eigenvalue weighted by molar-refractivity contribution is -0.143. The Morgan fingerprint density at radius 3 is 2.67 bits per heavy atom. The number of hydrogen-bond donors (Lipinski definition) is 4. The average molecular weight is 296 g/mol. The van der Waals surface area contributed by atoms with Crippen molar-refractivity contribution in [3.63, 3.8) is 0 Å². The molecule has 0 saturated heterocycles. The minimum Gasteiger partial charge on any atom is -0.481 e. The number of urea groups is 1. The molecule has 0 aromatic carbocycles. The molecular formula is C12H20N6O3. The summed E-state index contributed by atoms with van der Waals surface area (Å²) in [6, 6.07) is -0.612. The van der Waals surface area contributed by atoms with Crippen LogP contribution in [0.25, 0.3) is 0 Å². The second kappa shape index (κ2) is 7.00. The zero-order chi connectivity index (χ0) is 15.2. The number of nitrogens with zero attached hydrogens (tertiary/aromatic N) is 3. The van der Waals surface area contributed by atoms with Gasteiger partial charge in [0.15, 0.2) is 5.82 Å². The van der Waals surface area contributed by atoms with Crippen molar-refractivity contribution in [2.45, 2.75) is 38.6 Å². The first-order valence-electron chi connectivity index (χ1n) is 7.06. The molecule has 0 aliphatic heterocycles. The Balaban J connectivity index is 1.67. The van der Waals surface area contributed by atoms with E-state index in [4.69, 9.17) is 5.11 Å². The van der Waals surface area contributed by atoms with Crippen LogP contribution < -0.4 is 10.6 Å². The van der Waals surface area contributed by atoms with Crippen LogP contribution in [-0.4, -0.2) is 44.3 Å². The van der Waals surface area contributed by atoms with Crippen LogP contribution in [0.4, 0.5) is 4.79 Å². The van der Waals surface area contributed by atoms with Gasteiger partial charge >= 0.3 is 12.0 Å². The monoisotopic (exact) mass is 296 g/mol. The lowest BCUT2D eigenvalue weighted by Gasteiger charge is -2.26. The normalized spacial score (nSPS) is 23.3. The maximum Gasteiger partial charge on any atom is 0.315 e. The van der Waals surface area contributed by atoms with Gasteiger partial charge in [0, 0.05) is 6.54 Å². The van der Waals surface area contributed by atoms with Crippen molar-refractivity contribution in [2.24, 2.45) is 11.8 Å². The number of aromatic nitrogens is 4. The van der Waals surface area contributed by atoms with E-state index in [9.17, 15) is 9.59 Å². The fraction of sp³-hybridized carbons (Fsp3) is 0.750. The van der Waals surface area contributed by atoms with Crippen molar-refractivity contribution in [3.05, 3.63) is 5.82 Å². The fourth-order valence-electron chi connectivity index (χ4n) is 2.52. The van der Waals surface area contributed by atoms with E-state index in [0.29, 0.717) is 31.1 Å². The lowest BCUT2D eigenvalue weighted by Crippen LogP contribution is -2.40. The summed E-state index contributed by atoms with van der Waals surface area (Å²) in [5.74, 6) is -0.180. The molecule has 1 atom stereocenters. The third-order valence-electron chi connectivity index (χ3n) is 3.84. The van der Waals surface area contributed by atoms with Gasteiger partial charge in [0.25, 0.3) is 0 Å². The highest BCUT2D eigenvalue weighted by Gasteiger charge is 2.26. The van der Waals surface area contributed by atoms with Gasteiger partial charge < -0.3 is 15.7 Å². The van der Waals surface area contributed by atoms with E-state index in [0.717, 1.165) is 12.8 Å². The molecule has 9 nitrogen and oxygen atoms in total. The molecule has 1 aromatic heterocycles. The predicted molar refractivity (Wildman–Crippen MR) is 72.2 cm³/mol. The zero-order valence-electron chi connectivity index (χ0n) is 11.9. The molecule has 21 heavy (non-hydrogen) atoms. The molecule has 116 valence electrons. The molecule has 0 bridgehead atoms. The summed E-state index contributed by atoms with van der Waals surface area (Å²) >= 11 is 0. The Morgan fingerprint density at radius 1 is 1.38 bits per heavy atom. The number of amides is 2. The van der Waals surface area contributed by atoms with Gasteiger partial charge in [-0.15, -0.1) is 10.2 Å². The van der Waals surface area contributed by atoms with Crippen LogP contribution in [-0.2, 0) is 4.79 Å². The molecule has 0 radical (unpaired) electrons. The molecule has 1 aromatic rings. The van der Waals surface area contributed by atoms with Crippen molar-refractivity contribution in [1.82, 2.24) is 31.3 Å². The number of hydrogen-bond acceptors (Lipinski definition) is 5. The van der Waals surface area contributed by atoms with Crippen LogP contribution >= 0.6 is 0 Å². The SMILES string of the molecule is CC(NC(=O)NCC1CCC(C(=O)O)CC1)c1nn[nH]n1. The maximum atomic E-state index is 11.8. The minimum atomic E-state index is -0.715. The number of aliphatic carboxylic acids is 1. The summed E-state index contributed by atoms with van der Waals surface area (Å²) in [5.41, 5.74) is 0. The molecule has 0 spiro atoms. The number of carbonyl (C=O) groups is 2. The molecule has 1 fully saturated rings. The van der Waals surface area contributed by atoms with Gasteiger partial charge in [-0.3, -0.25) is 4.79 Å². The highest BCUT2D eigenvalue weighted by atomic mass is 16.4. The van der Waals surface area contributed by atoms with Crippen molar-refractivity contribution >= 4 is 12.0 Å². The molecule has 1 unspecified atom stereocenters. The first kappa shape index (κ1) is 15.2. The topological polar surface area (TPSA) is 133 Å². The number of nitrogens with one attached hydrogen (secondary N) is 3. The van der Waals surface area contributed by atoms with E-state index in [1.165, 1.54) is 0 Å². The summed E-state index contributed by atoms with van der Waals surface area (Å²) in [6.45, 7) is 2.32. The van der Waals surface area contributed by atoms with Crippen LogP contribution in [0.5, 0.6) is 0 Å². The Labute approximate surface area is 121 Å². The second-order valence-corrected chi connectivity index (χ2v) is 5.40. The molecule has 2 amide bonds. The molecule has 4 N–H and O–H groups in total. The predicted octanol–water partition coefficient (Wildman–Crippen LogP) is 0.451. The van der Waals surface area contributed by atoms with Crippen LogP contribution in [0.15, 0.2) is 0 Å². The van der Waals surface area contributed by atoms with Gasteiger partial charge in [-0.05, 0) is 38.5 Å². The zero-order valence-corrected chi connectivity index (χ0v) is 11.9. The van der Waals surface area contributed by atoms with Crippen LogP contribution in [0.3, 0.4) is 0 Å². The molecule has 1 saturated carbocycles. The average Bonchev–Trinajstić information content (AvgIpc) is 3.00. The summed E-state index contributed by atoms with van der Waals surface area (Å²) in [4.78, 5) is 22.6. The summed E-state index contributed by atoms with van der Waals surface area (Å²) in [7, 11) is 0. The van der Waals surface area contributed by atoms with Crippen molar-refractivity contribution in [3.8, 4) is 0 Å². The van der Waals surface area contributed by atoms with E-state index < -0.39 is 5.97 Å². The van der Waals surface area contributed by atoms with Gasteiger partial charge in [0.05, 0.1) is 12.0 Å². The summed E-state index contributed by atoms with van der Waals surface area (Å²) in [6.07, 6.45) is 3.03. The molecule has 1 aliphatic carbocycles. The Morgan fingerprint density at radius 2 is 2.10 bits per heavy atom. The molecular weight excluding hydrogens is 276 g/mol. The number of carboxylic acids is 1. The van der Waals surface area contributed by atoms with E-state index in [2.05, 4.69) is 31.3 Å². The first-order chi connectivity index (χ1) is 10.1. The van der Waals surface area contributed by atoms with Crippen molar-refractivity contribution < 1.29 is 14.7 Å². The smallest absolute Gasteiger partial charge is 0.315 e. The minimum absolute atomic E-state index is 0.228. The van der Waals surface area contributed by atoms with Crippen molar-refractivity contribution in [1.29, 1.82) is 0 Å². The summed E-state index contributed by atoms with van der Waals surface area (Å²) < 4.78 is 0. The largest absolute Gasteiger partial charge is 0.481 e. The number of tetrazole rings is 1. The van der Waals surface area contributed by atoms with E-state index in [-0.39, 0.29) is 18.0 Å². The Hall–Kier alpha value is -2.19. The fourth-order valence-corrected chi connectivity index (χ4v) is 2.52. The third kappa shape index (κ3) is 4.40. The van der Waals surface area contributed by atoms with E-state index in [1.54, 1.807) is 6.92 Å². The van der Waals surface area contributed by atoms with E-state index >= 15 is 0 Å². The molecule has 2 rings (SSSR count). The van der Waals surface area contributed by atoms with Gasteiger partial charge in [0.2, 0.25) is 0 Å². The Bertz CT molecular complexity index is 469. The highest BCUT2D eigenvalue weighted by molar-refractivity contribution is 5.74. The number of aromatic amines is 1. The quantitative estimate of drug-likeness (QED) is 0.623. The van der Waals surface area contributed by atoms with Gasteiger partial charge in [-0.1, -0.05) is 5.21 Å².